The molecule has 58 valence electrons. The van der Waals surface area contributed by atoms with Gasteiger partial charge in [-0.25, -0.2) is 0 Å². The molecule has 0 amide bonds. The molecule has 0 N–H and O–H groups in total. The van der Waals surface area contributed by atoms with Gasteiger partial charge in [0.15, 0.2) is 0 Å². The fourth-order valence-corrected chi connectivity index (χ4v) is 1.68. The van der Waals surface area contributed by atoms with Crippen molar-refractivity contribution in [3.63, 3.8) is 0 Å². The van der Waals surface area contributed by atoms with Gasteiger partial charge >= 0.3 is 0 Å². The standard InChI is InChI=1S/C8H14OS/c1-6(7-3-4-7)8(9)5-10-2/h6-7H,3-5H2,1-2H3. The van der Waals surface area contributed by atoms with Gasteiger partial charge in [-0.05, 0) is 25.0 Å². The Labute approximate surface area is 66.6 Å². The van der Waals surface area contributed by atoms with Crippen LogP contribution in [0.2, 0.25) is 0 Å². The van der Waals surface area contributed by atoms with Gasteiger partial charge in [0, 0.05) is 5.92 Å². The second kappa shape index (κ2) is 3.42. The van der Waals surface area contributed by atoms with Gasteiger partial charge < -0.3 is 0 Å². The van der Waals surface area contributed by atoms with Gasteiger partial charge in [0.05, 0.1) is 5.75 Å². The van der Waals surface area contributed by atoms with Crippen LogP contribution in [-0.2, 0) is 4.79 Å². The van der Waals surface area contributed by atoms with E-state index in [9.17, 15) is 4.79 Å². The lowest BCUT2D eigenvalue weighted by Crippen LogP contribution is -2.14. The number of carbonyl (C=O) groups excluding carboxylic acids is 1. The van der Waals surface area contributed by atoms with E-state index in [2.05, 4.69) is 6.92 Å². The first-order valence-corrected chi connectivity index (χ1v) is 5.16. The number of rotatable bonds is 4. The Morgan fingerprint density at radius 2 is 2.30 bits per heavy atom. The van der Waals surface area contributed by atoms with Crippen molar-refractivity contribution in [1.29, 1.82) is 0 Å². The molecule has 1 saturated carbocycles. The van der Waals surface area contributed by atoms with Crippen molar-refractivity contribution in [2.24, 2.45) is 11.8 Å². The van der Waals surface area contributed by atoms with Crippen molar-refractivity contribution in [2.45, 2.75) is 19.8 Å². The molecule has 1 aliphatic rings. The normalized spacial score (nSPS) is 20.6. The van der Waals surface area contributed by atoms with Crippen molar-refractivity contribution in [3.05, 3.63) is 0 Å². The molecule has 1 nitrogen and oxygen atoms in total. The van der Waals surface area contributed by atoms with Crippen molar-refractivity contribution in [3.8, 4) is 0 Å². The predicted octanol–water partition coefficient (Wildman–Crippen LogP) is 1.96. The van der Waals surface area contributed by atoms with Crippen LogP contribution in [0.5, 0.6) is 0 Å². The van der Waals surface area contributed by atoms with Crippen LogP contribution < -0.4 is 0 Å². The molecule has 0 radical (unpaired) electrons. The largest absolute Gasteiger partial charge is 0.298 e. The summed E-state index contributed by atoms with van der Waals surface area (Å²) in [6.45, 7) is 2.07. The van der Waals surface area contributed by atoms with Crippen molar-refractivity contribution in [1.82, 2.24) is 0 Å². The van der Waals surface area contributed by atoms with E-state index in [-0.39, 0.29) is 0 Å². The zero-order chi connectivity index (χ0) is 7.56. The van der Waals surface area contributed by atoms with E-state index in [1.54, 1.807) is 11.8 Å². The Hall–Kier alpha value is 0.0200. The van der Waals surface area contributed by atoms with Gasteiger partial charge in [0.2, 0.25) is 0 Å². The monoisotopic (exact) mass is 158 g/mol. The summed E-state index contributed by atoms with van der Waals surface area (Å²) in [6.07, 6.45) is 4.54. The molecule has 0 aromatic carbocycles. The van der Waals surface area contributed by atoms with Gasteiger partial charge in [-0.3, -0.25) is 4.79 Å². The van der Waals surface area contributed by atoms with Crippen LogP contribution in [-0.4, -0.2) is 17.8 Å². The minimum atomic E-state index is 0.340. The number of Topliss-reactive ketones (excluding diaryl/α,β-unsaturated/α-hetero) is 1. The van der Waals surface area contributed by atoms with Crippen LogP contribution in [0.15, 0.2) is 0 Å². The first-order valence-electron chi connectivity index (χ1n) is 3.77. The Morgan fingerprint density at radius 1 is 1.70 bits per heavy atom. The average molecular weight is 158 g/mol. The van der Waals surface area contributed by atoms with Crippen LogP contribution in [0.4, 0.5) is 0 Å². The lowest BCUT2D eigenvalue weighted by molar-refractivity contribution is -0.120. The van der Waals surface area contributed by atoms with Gasteiger partial charge in [-0.2, -0.15) is 11.8 Å². The zero-order valence-electron chi connectivity index (χ0n) is 6.59. The molecule has 1 aliphatic carbocycles. The Balaban J connectivity index is 2.24. The lowest BCUT2D eigenvalue weighted by atomic mass is 10.0. The lowest BCUT2D eigenvalue weighted by Gasteiger charge is -2.05. The third kappa shape index (κ3) is 2.01. The van der Waals surface area contributed by atoms with Gasteiger partial charge in [0.1, 0.15) is 5.78 Å². The average Bonchev–Trinajstić information content (AvgIpc) is 2.68. The van der Waals surface area contributed by atoms with E-state index in [1.807, 2.05) is 6.26 Å². The van der Waals surface area contributed by atoms with Gasteiger partial charge in [-0.1, -0.05) is 6.92 Å². The third-order valence-corrected chi connectivity index (χ3v) is 2.70. The van der Waals surface area contributed by atoms with Gasteiger partial charge in [-0.15, -0.1) is 0 Å². The minimum absolute atomic E-state index is 0.340. The maximum atomic E-state index is 11.2. The van der Waals surface area contributed by atoms with Crippen molar-refractivity contribution >= 4 is 17.5 Å². The molecule has 2 heteroatoms. The van der Waals surface area contributed by atoms with Crippen molar-refractivity contribution in [2.75, 3.05) is 12.0 Å². The Bertz CT molecular complexity index is 129. The number of carbonyl (C=O) groups is 1. The predicted molar refractivity (Wildman–Crippen MR) is 45.3 cm³/mol. The van der Waals surface area contributed by atoms with Crippen LogP contribution in [0.1, 0.15) is 19.8 Å². The molecular formula is C8H14OS. The minimum Gasteiger partial charge on any atom is -0.298 e. The van der Waals surface area contributed by atoms with E-state index >= 15 is 0 Å². The molecule has 10 heavy (non-hydrogen) atoms. The smallest absolute Gasteiger partial charge is 0.145 e. The first-order chi connectivity index (χ1) is 4.75. The van der Waals surface area contributed by atoms with Crippen molar-refractivity contribution < 1.29 is 4.79 Å². The van der Waals surface area contributed by atoms with Crippen LogP contribution in [0.3, 0.4) is 0 Å². The summed E-state index contributed by atoms with van der Waals surface area (Å²) in [7, 11) is 0. The van der Waals surface area contributed by atoms with Crippen LogP contribution >= 0.6 is 11.8 Å². The molecule has 0 aromatic heterocycles. The molecule has 0 aliphatic heterocycles. The highest BCUT2D eigenvalue weighted by Crippen LogP contribution is 2.37. The number of thioether (sulfide) groups is 1. The first kappa shape index (κ1) is 8.12. The SMILES string of the molecule is CSCC(=O)C(C)C1CC1. The summed E-state index contributed by atoms with van der Waals surface area (Å²) in [5.74, 6) is 2.22. The highest BCUT2D eigenvalue weighted by Gasteiger charge is 2.31. The molecule has 0 saturated heterocycles. The quantitative estimate of drug-likeness (QED) is 0.622. The summed E-state index contributed by atoms with van der Waals surface area (Å²) >= 11 is 1.63. The van der Waals surface area contributed by atoms with E-state index < -0.39 is 0 Å². The fraction of sp³-hybridized carbons (Fsp3) is 0.875. The molecule has 0 bridgehead atoms. The summed E-state index contributed by atoms with van der Waals surface area (Å²) in [5.41, 5.74) is 0. The fourth-order valence-electron chi connectivity index (χ4n) is 1.13. The molecule has 0 heterocycles. The summed E-state index contributed by atoms with van der Waals surface area (Å²) < 4.78 is 0. The highest BCUT2D eigenvalue weighted by molar-refractivity contribution is 7.99. The molecule has 0 aromatic rings. The Morgan fingerprint density at radius 3 is 2.70 bits per heavy atom. The van der Waals surface area contributed by atoms with Crippen LogP contribution in [0, 0.1) is 11.8 Å². The van der Waals surface area contributed by atoms with Crippen LogP contribution in [0.25, 0.3) is 0 Å². The molecular weight excluding hydrogens is 144 g/mol. The molecule has 1 rings (SSSR count). The zero-order valence-corrected chi connectivity index (χ0v) is 7.41. The molecule has 1 fully saturated rings. The molecule has 1 unspecified atom stereocenters. The molecule has 1 atom stereocenters. The highest BCUT2D eigenvalue weighted by atomic mass is 32.2. The topological polar surface area (TPSA) is 17.1 Å². The second-order valence-corrected chi connectivity index (χ2v) is 3.89. The number of ketones is 1. The summed E-state index contributed by atoms with van der Waals surface area (Å²) in [5, 5.41) is 0. The maximum Gasteiger partial charge on any atom is 0.145 e. The number of hydrogen-bond acceptors (Lipinski definition) is 2. The molecule has 0 spiro atoms. The van der Waals surface area contributed by atoms with E-state index in [4.69, 9.17) is 0 Å². The third-order valence-electron chi connectivity index (χ3n) is 2.12. The maximum absolute atomic E-state index is 11.2. The Kier molecular flexibility index (Phi) is 2.78. The second-order valence-electron chi connectivity index (χ2n) is 3.03. The summed E-state index contributed by atoms with van der Waals surface area (Å²) in [6, 6.07) is 0. The number of hydrogen-bond donors (Lipinski definition) is 0. The van der Waals surface area contributed by atoms with Gasteiger partial charge in [0.25, 0.3) is 0 Å². The summed E-state index contributed by atoms with van der Waals surface area (Å²) in [4.78, 5) is 11.2. The van der Waals surface area contributed by atoms with E-state index in [0.717, 1.165) is 5.92 Å². The van der Waals surface area contributed by atoms with E-state index in [0.29, 0.717) is 17.5 Å². The van der Waals surface area contributed by atoms with E-state index in [1.165, 1.54) is 12.8 Å².